The lowest BCUT2D eigenvalue weighted by Gasteiger charge is -2.27. The van der Waals surface area contributed by atoms with Gasteiger partial charge >= 0.3 is 12.1 Å². The summed E-state index contributed by atoms with van der Waals surface area (Å²) in [5, 5.41) is 2.86. The highest BCUT2D eigenvalue weighted by molar-refractivity contribution is 6.24. The summed E-state index contributed by atoms with van der Waals surface area (Å²) in [5.74, 6) is -0.556. The van der Waals surface area contributed by atoms with E-state index in [1.807, 2.05) is 78.9 Å². The number of alkyl carbamates (subject to hydrolysis) is 1. The van der Waals surface area contributed by atoms with Gasteiger partial charge in [-0.3, -0.25) is 4.99 Å². The van der Waals surface area contributed by atoms with Gasteiger partial charge in [0.1, 0.15) is 5.60 Å². The molecule has 1 aliphatic rings. The van der Waals surface area contributed by atoms with Gasteiger partial charge in [-0.25, -0.2) is 9.59 Å². The number of aliphatic imine (C=N–C) groups is 1. The number of methoxy groups -OCH3 is 1. The molecule has 6 nitrogen and oxygen atoms in total. The minimum absolute atomic E-state index is 0.556. The molecule has 0 saturated carbocycles. The summed E-state index contributed by atoms with van der Waals surface area (Å²) >= 11 is 0. The molecule has 0 aromatic heterocycles. The fraction of sp³-hybridized carbons (Fsp3) is 0.250. The van der Waals surface area contributed by atoms with Crippen LogP contribution in [0, 0.1) is 0 Å². The van der Waals surface area contributed by atoms with Gasteiger partial charge in [-0.1, -0.05) is 78.9 Å². The van der Waals surface area contributed by atoms with Crippen LogP contribution in [0.1, 0.15) is 43.5 Å². The maximum atomic E-state index is 13.1. The number of esters is 1. The van der Waals surface area contributed by atoms with Crippen LogP contribution in [0.25, 0.3) is 11.1 Å². The Balaban J connectivity index is 1.83. The summed E-state index contributed by atoms with van der Waals surface area (Å²) in [7, 11) is 1.32. The number of hydrogen-bond donors (Lipinski definition) is 1. The van der Waals surface area contributed by atoms with E-state index in [0.717, 1.165) is 22.3 Å². The third kappa shape index (κ3) is 4.86. The van der Waals surface area contributed by atoms with E-state index in [-0.39, 0.29) is 0 Å². The summed E-state index contributed by atoms with van der Waals surface area (Å²) in [6.45, 7) is 5.36. The Kier molecular flexibility index (Phi) is 6.50. The fourth-order valence-electron chi connectivity index (χ4n) is 4.10. The average molecular weight is 457 g/mol. The number of nitrogens with one attached hydrogen (secondary N) is 1. The summed E-state index contributed by atoms with van der Waals surface area (Å²) in [6.07, 6.45) is -0.636. The molecule has 0 aliphatic heterocycles. The van der Waals surface area contributed by atoms with Crippen LogP contribution in [-0.4, -0.2) is 36.5 Å². The predicted octanol–water partition coefficient (Wildman–Crippen LogP) is 5.31. The van der Waals surface area contributed by atoms with Crippen LogP contribution >= 0.6 is 0 Å². The van der Waals surface area contributed by atoms with E-state index in [4.69, 9.17) is 14.5 Å². The van der Waals surface area contributed by atoms with Crippen molar-refractivity contribution in [2.45, 2.75) is 38.5 Å². The number of fused-ring (bicyclic) bond motifs is 3. The summed E-state index contributed by atoms with van der Waals surface area (Å²) in [5.41, 5.74) is 4.68. The van der Waals surface area contributed by atoms with Crippen molar-refractivity contribution in [2.75, 3.05) is 7.11 Å². The van der Waals surface area contributed by atoms with Gasteiger partial charge in [0.15, 0.2) is 6.04 Å². The number of ether oxygens (including phenoxy) is 2. The van der Waals surface area contributed by atoms with E-state index in [1.165, 1.54) is 7.11 Å². The van der Waals surface area contributed by atoms with E-state index in [9.17, 15) is 9.59 Å². The zero-order chi connectivity index (χ0) is 24.3. The zero-order valence-electron chi connectivity index (χ0n) is 19.7. The molecule has 174 valence electrons. The van der Waals surface area contributed by atoms with Crippen molar-refractivity contribution in [3.8, 4) is 11.1 Å². The van der Waals surface area contributed by atoms with Gasteiger partial charge in [0.05, 0.1) is 18.9 Å². The highest BCUT2D eigenvalue weighted by Crippen LogP contribution is 2.37. The Bertz CT molecular complexity index is 1180. The molecule has 3 aromatic rings. The molecule has 3 aromatic carbocycles. The Morgan fingerprint density at radius 3 is 1.79 bits per heavy atom. The Labute approximate surface area is 199 Å². The standard InChI is InChI=1S/C28H28N2O4/c1-28(2,3)34-27(32)30-23(18-12-6-5-7-13-18)25(26(31)33-4)29-24-21-16-10-8-14-19(21)20-15-9-11-17-22(20)24/h5-17,23,25H,1-4H3,(H,30,32)/t23-,25+/m0/s1. The first kappa shape index (κ1) is 23.2. The molecule has 0 heterocycles. The number of amides is 1. The molecule has 0 saturated heterocycles. The molecule has 0 spiro atoms. The van der Waals surface area contributed by atoms with Crippen LogP contribution in [-0.2, 0) is 14.3 Å². The van der Waals surface area contributed by atoms with Crippen molar-refractivity contribution in [2.24, 2.45) is 4.99 Å². The van der Waals surface area contributed by atoms with Gasteiger partial charge in [0, 0.05) is 11.1 Å². The SMILES string of the molecule is COC(=O)[C@H](N=C1c2ccccc2-c2ccccc21)[C@@H](NC(=O)OC(C)(C)C)c1ccccc1. The van der Waals surface area contributed by atoms with Crippen molar-refractivity contribution < 1.29 is 19.1 Å². The predicted molar refractivity (Wildman–Crippen MR) is 132 cm³/mol. The third-order valence-electron chi connectivity index (χ3n) is 5.51. The van der Waals surface area contributed by atoms with Crippen LogP contribution in [0.15, 0.2) is 83.9 Å². The summed E-state index contributed by atoms with van der Waals surface area (Å²) in [6, 6.07) is 23.3. The van der Waals surface area contributed by atoms with Crippen molar-refractivity contribution in [1.29, 1.82) is 0 Å². The van der Waals surface area contributed by atoms with Crippen LogP contribution in [0.3, 0.4) is 0 Å². The van der Waals surface area contributed by atoms with Crippen molar-refractivity contribution in [3.63, 3.8) is 0 Å². The minimum atomic E-state index is -1.03. The molecular formula is C28H28N2O4. The normalized spacial score (nSPS) is 13.8. The molecule has 0 unspecified atom stereocenters. The molecule has 34 heavy (non-hydrogen) atoms. The summed E-state index contributed by atoms with van der Waals surface area (Å²) in [4.78, 5) is 30.8. The molecular weight excluding hydrogens is 428 g/mol. The Morgan fingerprint density at radius 1 is 0.794 bits per heavy atom. The average Bonchev–Trinajstić information content (AvgIpc) is 3.14. The number of benzene rings is 3. The monoisotopic (exact) mass is 456 g/mol. The highest BCUT2D eigenvalue weighted by atomic mass is 16.6. The molecule has 2 atom stereocenters. The number of carbonyl (C=O) groups excluding carboxylic acids is 2. The van der Waals surface area contributed by atoms with E-state index in [1.54, 1.807) is 20.8 Å². The zero-order valence-corrected chi connectivity index (χ0v) is 19.7. The van der Waals surface area contributed by atoms with E-state index in [2.05, 4.69) is 5.32 Å². The fourth-order valence-corrected chi connectivity index (χ4v) is 4.10. The number of nitrogens with zero attached hydrogens (tertiary/aromatic N) is 1. The van der Waals surface area contributed by atoms with Crippen LogP contribution < -0.4 is 5.32 Å². The number of rotatable bonds is 5. The number of carbonyl (C=O) groups is 2. The van der Waals surface area contributed by atoms with Gasteiger partial charge in [-0.15, -0.1) is 0 Å². The second kappa shape index (κ2) is 9.51. The van der Waals surface area contributed by atoms with Crippen LogP contribution in [0.4, 0.5) is 4.79 Å². The largest absolute Gasteiger partial charge is 0.467 e. The van der Waals surface area contributed by atoms with Crippen molar-refractivity contribution in [3.05, 3.63) is 95.6 Å². The van der Waals surface area contributed by atoms with Gasteiger partial charge in [-0.2, -0.15) is 0 Å². The first-order valence-electron chi connectivity index (χ1n) is 11.2. The third-order valence-corrected chi connectivity index (χ3v) is 5.51. The maximum Gasteiger partial charge on any atom is 0.408 e. The van der Waals surface area contributed by atoms with Gasteiger partial charge < -0.3 is 14.8 Å². The molecule has 4 rings (SSSR count). The van der Waals surface area contributed by atoms with Crippen LogP contribution in [0.5, 0.6) is 0 Å². The molecule has 1 N–H and O–H groups in total. The highest BCUT2D eigenvalue weighted by Gasteiger charge is 2.35. The Morgan fingerprint density at radius 2 is 1.29 bits per heavy atom. The molecule has 1 aliphatic carbocycles. The topological polar surface area (TPSA) is 77.0 Å². The maximum absolute atomic E-state index is 13.1. The van der Waals surface area contributed by atoms with Gasteiger partial charge in [0.25, 0.3) is 0 Å². The van der Waals surface area contributed by atoms with Crippen LogP contribution in [0.2, 0.25) is 0 Å². The van der Waals surface area contributed by atoms with E-state index >= 15 is 0 Å². The lowest BCUT2D eigenvalue weighted by Crippen LogP contribution is -2.42. The first-order valence-corrected chi connectivity index (χ1v) is 11.2. The van der Waals surface area contributed by atoms with E-state index in [0.29, 0.717) is 11.3 Å². The molecule has 6 heteroatoms. The van der Waals surface area contributed by atoms with Crippen molar-refractivity contribution >= 4 is 17.8 Å². The molecule has 0 fully saturated rings. The second-order valence-electron chi connectivity index (χ2n) is 9.07. The molecule has 0 bridgehead atoms. The smallest absolute Gasteiger partial charge is 0.408 e. The van der Waals surface area contributed by atoms with Gasteiger partial charge in [0.2, 0.25) is 0 Å². The second-order valence-corrected chi connectivity index (χ2v) is 9.07. The minimum Gasteiger partial charge on any atom is -0.467 e. The van der Waals surface area contributed by atoms with Gasteiger partial charge in [-0.05, 0) is 37.5 Å². The molecule has 1 amide bonds. The Hall–Kier alpha value is -3.93. The first-order chi connectivity index (χ1) is 16.3. The molecule has 0 radical (unpaired) electrons. The number of hydrogen-bond acceptors (Lipinski definition) is 5. The lowest BCUT2D eigenvalue weighted by molar-refractivity contribution is -0.142. The quantitative estimate of drug-likeness (QED) is 0.413. The van der Waals surface area contributed by atoms with E-state index < -0.39 is 29.7 Å². The summed E-state index contributed by atoms with van der Waals surface area (Å²) < 4.78 is 10.6. The lowest BCUT2D eigenvalue weighted by atomic mass is 9.98. The van der Waals surface area contributed by atoms with Crippen molar-refractivity contribution in [1.82, 2.24) is 5.32 Å².